The Labute approximate surface area is 268 Å². The highest BCUT2D eigenvalue weighted by molar-refractivity contribution is 7.92. The molecule has 0 heterocycles. The van der Waals surface area contributed by atoms with E-state index in [-0.39, 0.29) is 29.1 Å². The Morgan fingerprint density at radius 1 is 0.889 bits per heavy atom. The van der Waals surface area contributed by atoms with Crippen molar-refractivity contribution in [3.8, 4) is 5.75 Å². The number of nitrogens with zero attached hydrogens (tertiary/aromatic N) is 2. The van der Waals surface area contributed by atoms with Gasteiger partial charge in [-0.3, -0.25) is 13.9 Å². The Balaban J connectivity index is 1.80. The van der Waals surface area contributed by atoms with Crippen molar-refractivity contribution in [1.29, 1.82) is 0 Å². The van der Waals surface area contributed by atoms with Crippen molar-refractivity contribution in [2.75, 3.05) is 24.0 Å². The highest BCUT2D eigenvalue weighted by atomic mass is 35.5. The summed E-state index contributed by atoms with van der Waals surface area (Å²) in [4.78, 5) is 29.0. The number of halogens is 2. The molecule has 0 aliphatic heterocycles. The molecule has 11 heteroatoms. The van der Waals surface area contributed by atoms with Crippen LogP contribution in [0.4, 0.5) is 10.1 Å². The number of hydrogen-bond acceptors (Lipinski definition) is 5. The van der Waals surface area contributed by atoms with Crippen molar-refractivity contribution in [3.63, 3.8) is 0 Å². The molecule has 0 bridgehead atoms. The Morgan fingerprint density at radius 3 is 2.16 bits per heavy atom. The molecule has 1 unspecified atom stereocenters. The molecule has 1 N–H and O–H groups in total. The molecule has 2 amide bonds. The molecule has 4 aromatic carbocycles. The van der Waals surface area contributed by atoms with Gasteiger partial charge in [0.1, 0.15) is 24.2 Å². The fourth-order valence-electron chi connectivity index (χ4n) is 4.79. The number of rotatable bonds is 14. The monoisotopic (exact) mass is 651 g/mol. The number of carbonyl (C=O) groups excluding carboxylic acids is 2. The molecule has 0 aliphatic carbocycles. The van der Waals surface area contributed by atoms with Gasteiger partial charge in [0.25, 0.3) is 10.0 Å². The molecular formula is C34H35ClFN3O5S. The van der Waals surface area contributed by atoms with Crippen molar-refractivity contribution in [1.82, 2.24) is 10.2 Å². The smallest absolute Gasteiger partial charge is 0.264 e. The molecule has 1 atom stereocenters. The van der Waals surface area contributed by atoms with Gasteiger partial charge in [-0.2, -0.15) is 0 Å². The number of benzene rings is 4. The van der Waals surface area contributed by atoms with Gasteiger partial charge in [-0.15, -0.1) is 0 Å². The minimum absolute atomic E-state index is 0.0844. The van der Waals surface area contributed by atoms with Crippen LogP contribution in [-0.4, -0.2) is 50.9 Å². The zero-order valence-electron chi connectivity index (χ0n) is 25.0. The number of anilines is 1. The van der Waals surface area contributed by atoms with Crippen molar-refractivity contribution in [3.05, 3.63) is 125 Å². The summed E-state index contributed by atoms with van der Waals surface area (Å²) in [5.41, 5.74) is 1.16. The molecule has 0 radical (unpaired) electrons. The highest BCUT2D eigenvalue weighted by Crippen LogP contribution is 2.28. The van der Waals surface area contributed by atoms with Gasteiger partial charge in [0.05, 0.1) is 17.2 Å². The van der Waals surface area contributed by atoms with Crippen molar-refractivity contribution in [2.45, 2.75) is 37.8 Å². The summed E-state index contributed by atoms with van der Waals surface area (Å²) in [6.45, 7) is 3.37. The largest absolute Gasteiger partial charge is 0.494 e. The Morgan fingerprint density at radius 2 is 1.53 bits per heavy atom. The van der Waals surface area contributed by atoms with Crippen LogP contribution in [0.2, 0.25) is 5.02 Å². The normalized spacial score (nSPS) is 11.8. The number of ether oxygens (including phenoxy) is 1. The van der Waals surface area contributed by atoms with E-state index in [0.717, 1.165) is 9.87 Å². The summed E-state index contributed by atoms with van der Waals surface area (Å²) < 4.78 is 49.6. The molecule has 45 heavy (non-hydrogen) atoms. The standard InChI is InChI=1S/C34H35ClFN3O5S/c1-3-37-34(41)32(22-25-10-6-5-7-11-25)38(23-26-12-8-9-13-31(26)36)33(40)24-39(28-16-18-29(19-17-28)44-4-2)45(42,43)30-20-14-27(35)15-21-30/h5-21,32H,3-4,22-24H2,1-2H3,(H,37,41). The summed E-state index contributed by atoms with van der Waals surface area (Å²) in [6, 6.07) is 25.9. The number of carbonyl (C=O) groups is 2. The van der Waals surface area contributed by atoms with E-state index in [1.54, 1.807) is 25.1 Å². The second-order valence-corrected chi connectivity index (χ2v) is 12.4. The van der Waals surface area contributed by atoms with Crippen LogP contribution in [0.5, 0.6) is 5.75 Å². The summed E-state index contributed by atoms with van der Waals surface area (Å²) >= 11 is 6.03. The lowest BCUT2D eigenvalue weighted by Crippen LogP contribution is -2.53. The van der Waals surface area contributed by atoms with Gasteiger partial charge in [0.2, 0.25) is 11.8 Å². The molecule has 0 saturated carbocycles. The van der Waals surface area contributed by atoms with Crippen molar-refractivity contribution >= 4 is 39.1 Å². The minimum Gasteiger partial charge on any atom is -0.494 e. The van der Waals surface area contributed by atoms with E-state index in [9.17, 15) is 22.4 Å². The van der Waals surface area contributed by atoms with Gasteiger partial charge in [-0.25, -0.2) is 12.8 Å². The lowest BCUT2D eigenvalue weighted by atomic mass is 10.0. The van der Waals surface area contributed by atoms with E-state index >= 15 is 0 Å². The summed E-state index contributed by atoms with van der Waals surface area (Å²) in [5, 5.41) is 3.13. The zero-order valence-corrected chi connectivity index (χ0v) is 26.6. The lowest BCUT2D eigenvalue weighted by molar-refractivity contribution is -0.140. The van der Waals surface area contributed by atoms with Crippen LogP contribution >= 0.6 is 11.6 Å². The number of likely N-dealkylation sites (N-methyl/N-ethyl adjacent to an activating group) is 1. The fourth-order valence-corrected chi connectivity index (χ4v) is 6.33. The number of sulfonamides is 1. The van der Waals surface area contributed by atoms with Crippen LogP contribution in [-0.2, 0) is 32.6 Å². The first-order chi connectivity index (χ1) is 21.6. The molecule has 8 nitrogen and oxygen atoms in total. The van der Waals surface area contributed by atoms with Gasteiger partial charge < -0.3 is 15.0 Å². The van der Waals surface area contributed by atoms with Crippen LogP contribution in [0.3, 0.4) is 0 Å². The topological polar surface area (TPSA) is 96.0 Å². The van der Waals surface area contributed by atoms with Crippen LogP contribution in [0, 0.1) is 5.82 Å². The van der Waals surface area contributed by atoms with E-state index < -0.39 is 40.2 Å². The molecule has 0 aliphatic rings. The van der Waals surface area contributed by atoms with Gasteiger partial charge in [-0.1, -0.05) is 60.1 Å². The van der Waals surface area contributed by atoms with Crippen molar-refractivity contribution in [2.24, 2.45) is 0 Å². The average Bonchev–Trinajstić information content (AvgIpc) is 3.03. The summed E-state index contributed by atoms with van der Waals surface area (Å²) in [7, 11) is -4.31. The predicted molar refractivity (Wildman–Crippen MR) is 173 cm³/mol. The zero-order chi connectivity index (χ0) is 32.4. The SMILES string of the molecule is CCNC(=O)C(Cc1ccccc1)N(Cc1ccccc1F)C(=O)CN(c1ccc(OCC)cc1)S(=O)(=O)c1ccc(Cl)cc1. The Hall–Kier alpha value is -4.41. The average molecular weight is 652 g/mol. The first kappa shape index (κ1) is 33.5. The summed E-state index contributed by atoms with van der Waals surface area (Å²) in [5.74, 6) is -1.17. The van der Waals surface area contributed by atoms with E-state index in [2.05, 4.69) is 5.32 Å². The van der Waals surface area contributed by atoms with Crippen LogP contribution in [0.25, 0.3) is 0 Å². The quantitative estimate of drug-likeness (QED) is 0.185. The molecule has 4 rings (SSSR count). The molecule has 0 spiro atoms. The van der Waals surface area contributed by atoms with Gasteiger partial charge in [-0.05, 0) is 74.0 Å². The van der Waals surface area contributed by atoms with Crippen LogP contribution in [0.1, 0.15) is 25.0 Å². The highest BCUT2D eigenvalue weighted by Gasteiger charge is 2.35. The first-order valence-corrected chi connectivity index (χ1v) is 16.3. The van der Waals surface area contributed by atoms with Crippen LogP contribution in [0.15, 0.2) is 108 Å². The minimum atomic E-state index is -4.31. The third kappa shape index (κ3) is 8.61. The number of nitrogens with one attached hydrogen (secondary N) is 1. The van der Waals surface area contributed by atoms with E-state index in [0.29, 0.717) is 23.9 Å². The second kappa shape index (κ2) is 15.5. The van der Waals surface area contributed by atoms with E-state index in [1.165, 1.54) is 59.5 Å². The van der Waals surface area contributed by atoms with Gasteiger partial charge >= 0.3 is 0 Å². The fraction of sp³-hybridized carbons (Fsp3) is 0.235. The van der Waals surface area contributed by atoms with Crippen LogP contribution < -0.4 is 14.4 Å². The second-order valence-electron chi connectivity index (χ2n) is 10.1. The maximum Gasteiger partial charge on any atom is 0.264 e. The molecular weight excluding hydrogens is 617 g/mol. The van der Waals surface area contributed by atoms with Crippen molar-refractivity contribution < 1.29 is 27.1 Å². The van der Waals surface area contributed by atoms with Gasteiger partial charge in [0, 0.05) is 30.1 Å². The van der Waals surface area contributed by atoms with Gasteiger partial charge in [0.15, 0.2) is 0 Å². The maximum atomic E-state index is 15.0. The summed E-state index contributed by atoms with van der Waals surface area (Å²) in [6.07, 6.45) is 0.125. The van der Waals surface area contributed by atoms with E-state index in [4.69, 9.17) is 16.3 Å². The number of amides is 2. The molecule has 4 aromatic rings. The predicted octanol–water partition coefficient (Wildman–Crippen LogP) is 5.85. The Bertz CT molecular complexity index is 1690. The third-order valence-electron chi connectivity index (χ3n) is 7.04. The molecule has 0 saturated heterocycles. The van der Waals surface area contributed by atoms with E-state index in [1.807, 2.05) is 37.3 Å². The maximum absolute atomic E-state index is 15.0. The lowest BCUT2D eigenvalue weighted by Gasteiger charge is -2.34. The first-order valence-electron chi connectivity index (χ1n) is 14.5. The molecule has 0 aromatic heterocycles. The Kier molecular flexibility index (Phi) is 11.6. The number of hydrogen-bond donors (Lipinski definition) is 1. The molecule has 236 valence electrons. The third-order valence-corrected chi connectivity index (χ3v) is 9.08. The molecule has 0 fully saturated rings.